The molecule has 0 amide bonds. The van der Waals surface area contributed by atoms with E-state index in [4.69, 9.17) is 4.42 Å². The number of hydrogen-bond acceptors (Lipinski definition) is 2. The van der Waals surface area contributed by atoms with Gasteiger partial charge in [-0.15, -0.1) is 0 Å². The lowest BCUT2D eigenvalue weighted by molar-refractivity contribution is 0.109. The van der Waals surface area contributed by atoms with E-state index in [0.29, 0.717) is 24.2 Å². The molecule has 0 aliphatic carbocycles. The number of rotatable bonds is 3. The molecule has 2 aromatic rings. The molecular formula is C12H9FO2. The van der Waals surface area contributed by atoms with Gasteiger partial charge in [0.05, 0.1) is 0 Å². The summed E-state index contributed by atoms with van der Waals surface area (Å²) >= 11 is 0. The molecule has 0 unspecified atom stereocenters. The fraction of sp³-hybridized carbons (Fsp3) is 0.0833. The van der Waals surface area contributed by atoms with Gasteiger partial charge in [-0.25, -0.2) is 4.39 Å². The zero-order valence-corrected chi connectivity index (χ0v) is 7.94. The molecule has 0 fully saturated rings. The van der Waals surface area contributed by atoms with Gasteiger partial charge >= 0.3 is 0 Å². The molecular weight excluding hydrogens is 195 g/mol. The largest absolute Gasteiger partial charge is 0.458 e. The summed E-state index contributed by atoms with van der Waals surface area (Å²) in [6, 6.07) is 9.55. The van der Waals surface area contributed by atoms with Gasteiger partial charge in [-0.05, 0) is 29.8 Å². The van der Waals surface area contributed by atoms with Gasteiger partial charge in [0.15, 0.2) is 12.0 Å². The Morgan fingerprint density at radius 3 is 2.47 bits per heavy atom. The van der Waals surface area contributed by atoms with Crippen molar-refractivity contribution in [2.75, 3.05) is 0 Å². The number of aldehydes is 1. The zero-order chi connectivity index (χ0) is 10.7. The molecule has 15 heavy (non-hydrogen) atoms. The van der Waals surface area contributed by atoms with Crippen molar-refractivity contribution in [3.8, 4) is 0 Å². The van der Waals surface area contributed by atoms with E-state index >= 15 is 0 Å². The van der Waals surface area contributed by atoms with Gasteiger partial charge in [0.1, 0.15) is 11.6 Å². The highest BCUT2D eigenvalue weighted by atomic mass is 19.1. The molecule has 3 heteroatoms. The molecule has 0 aliphatic rings. The van der Waals surface area contributed by atoms with Crippen molar-refractivity contribution in [3.63, 3.8) is 0 Å². The van der Waals surface area contributed by atoms with Crippen molar-refractivity contribution in [1.82, 2.24) is 0 Å². The highest BCUT2D eigenvalue weighted by Crippen LogP contribution is 2.12. The second kappa shape index (κ2) is 4.09. The number of carbonyl (C=O) groups is 1. The van der Waals surface area contributed by atoms with Gasteiger partial charge in [-0.2, -0.15) is 0 Å². The van der Waals surface area contributed by atoms with Crippen molar-refractivity contribution in [3.05, 3.63) is 59.3 Å². The predicted molar refractivity (Wildman–Crippen MR) is 53.3 cm³/mol. The van der Waals surface area contributed by atoms with E-state index in [-0.39, 0.29) is 5.82 Å². The SMILES string of the molecule is O=Cc1ccc(Cc2ccc(F)cc2)o1. The summed E-state index contributed by atoms with van der Waals surface area (Å²) in [6.45, 7) is 0. The Kier molecular flexibility index (Phi) is 2.63. The van der Waals surface area contributed by atoms with Crippen LogP contribution in [0.1, 0.15) is 21.9 Å². The van der Waals surface area contributed by atoms with E-state index in [2.05, 4.69) is 0 Å². The third-order valence-corrected chi connectivity index (χ3v) is 2.09. The Bertz CT molecular complexity index is 457. The molecule has 0 saturated carbocycles. The number of halogens is 1. The third-order valence-electron chi connectivity index (χ3n) is 2.09. The molecule has 0 spiro atoms. The van der Waals surface area contributed by atoms with Crippen LogP contribution >= 0.6 is 0 Å². The molecule has 1 aromatic carbocycles. The summed E-state index contributed by atoms with van der Waals surface area (Å²) in [6.07, 6.45) is 1.22. The molecule has 0 atom stereocenters. The Labute approximate surface area is 86.3 Å². The molecule has 2 nitrogen and oxygen atoms in total. The van der Waals surface area contributed by atoms with E-state index in [0.717, 1.165) is 5.56 Å². The minimum atomic E-state index is -0.258. The monoisotopic (exact) mass is 204 g/mol. The van der Waals surface area contributed by atoms with Crippen LogP contribution in [-0.2, 0) is 6.42 Å². The normalized spacial score (nSPS) is 10.2. The summed E-state index contributed by atoms with van der Waals surface area (Å²) in [4.78, 5) is 10.4. The average Bonchev–Trinajstić information content (AvgIpc) is 2.69. The van der Waals surface area contributed by atoms with Crippen LogP contribution in [-0.4, -0.2) is 6.29 Å². The first-order valence-electron chi connectivity index (χ1n) is 4.56. The molecule has 76 valence electrons. The van der Waals surface area contributed by atoms with Crippen LogP contribution in [0.3, 0.4) is 0 Å². The van der Waals surface area contributed by atoms with Crippen LogP contribution in [0.25, 0.3) is 0 Å². The first-order chi connectivity index (χ1) is 7.28. The third kappa shape index (κ3) is 2.31. The first kappa shape index (κ1) is 9.65. The van der Waals surface area contributed by atoms with E-state index < -0.39 is 0 Å². The molecule has 1 heterocycles. The maximum Gasteiger partial charge on any atom is 0.185 e. The zero-order valence-electron chi connectivity index (χ0n) is 7.94. The van der Waals surface area contributed by atoms with Gasteiger partial charge < -0.3 is 4.42 Å². The van der Waals surface area contributed by atoms with Crippen molar-refractivity contribution in [2.24, 2.45) is 0 Å². The second-order valence-electron chi connectivity index (χ2n) is 3.23. The van der Waals surface area contributed by atoms with Gasteiger partial charge in [0.2, 0.25) is 0 Å². The summed E-state index contributed by atoms with van der Waals surface area (Å²) in [7, 11) is 0. The smallest absolute Gasteiger partial charge is 0.185 e. The highest BCUT2D eigenvalue weighted by Gasteiger charge is 2.02. The lowest BCUT2D eigenvalue weighted by atomic mass is 10.1. The molecule has 0 radical (unpaired) electrons. The van der Waals surface area contributed by atoms with Crippen LogP contribution in [0.4, 0.5) is 4.39 Å². The minimum absolute atomic E-state index is 0.258. The second-order valence-corrected chi connectivity index (χ2v) is 3.23. The molecule has 2 rings (SSSR count). The molecule has 0 saturated heterocycles. The Morgan fingerprint density at radius 1 is 1.13 bits per heavy atom. The van der Waals surface area contributed by atoms with Crippen molar-refractivity contribution in [2.45, 2.75) is 6.42 Å². The molecule has 0 bridgehead atoms. The molecule has 0 N–H and O–H groups in total. The maximum atomic E-state index is 12.6. The molecule has 0 aliphatic heterocycles. The quantitative estimate of drug-likeness (QED) is 0.719. The van der Waals surface area contributed by atoms with Gasteiger partial charge in [-0.1, -0.05) is 12.1 Å². The number of carbonyl (C=O) groups excluding carboxylic acids is 1. The number of benzene rings is 1. The van der Waals surface area contributed by atoms with E-state index in [1.807, 2.05) is 0 Å². The van der Waals surface area contributed by atoms with Crippen LogP contribution in [0.5, 0.6) is 0 Å². The average molecular weight is 204 g/mol. The lowest BCUT2D eigenvalue weighted by Gasteiger charge is -1.97. The number of furan rings is 1. The Balaban J connectivity index is 2.14. The van der Waals surface area contributed by atoms with Crippen LogP contribution < -0.4 is 0 Å². The van der Waals surface area contributed by atoms with E-state index in [1.54, 1.807) is 24.3 Å². The van der Waals surface area contributed by atoms with E-state index in [1.165, 1.54) is 12.1 Å². The fourth-order valence-corrected chi connectivity index (χ4v) is 1.36. The van der Waals surface area contributed by atoms with Gasteiger partial charge in [-0.3, -0.25) is 4.79 Å². The standard InChI is InChI=1S/C12H9FO2/c13-10-3-1-9(2-4-10)7-11-5-6-12(8-14)15-11/h1-6,8H,7H2. The highest BCUT2D eigenvalue weighted by molar-refractivity contribution is 5.70. The van der Waals surface area contributed by atoms with Crippen LogP contribution in [0.2, 0.25) is 0 Å². The predicted octanol–water partition coefficient (Wildman–Crippen LogP) is 2.82. The summed E-state index contributed by atoms with van der Waals surface area (Å²) in [5.74, 6) is 0.752. The van der Waals surface area contributed by atoms with Crippen molar-refractivity contribution >= 4 is 6.29 Å². The minimum Gasteiger partial charge on any atom is -0.458 e. The Hall–Kier alpha value is -1.90. The lowest BCUT2D eigenvalue weighted by Crippen LogP contribution is -1.85. The summed E-state index contributed by atoms with van der Waals surface area (Å²) < 4.78 is 17.8. The van der Waals surface area contributed by atoms with Crippen LogP contribution in [0.15, 0.2) is 40.8 Å². The van der Waals surface area contributed by atoms with Crippen molar-refractivity contribution < 1.29 is 13.6 Å². The van der Waals surface area contributed by atoms with E-state index in [9.17, 15) is 9.18 Å². The Morgan fingerprint density at radius 2 is 1.87 bits per heavy atom. The van der Waals surface area contributed by atoms with Crippen molar-refractivity contribution in [1.29, 1.82) is 0 Å². The molecule has 1 aromatic heterocycles. The maximum absolute atomic E-state index is 12.6. The summed E-state index contributed by atoms with van der Waals surface area (Å²) in [5, 5.41) is 0. The topological polar surface area (TPSA) is 30.2 Å². The fourth-order valence-electron chi connectivity index (χ4n) is 1.36. The first-order valence-corrected chi connectivity index (χ1v) is 4.56. The van der Waals surface area contributed by atoms with Gasteiger partial charge in [0.25, 0.3) is 0 Å². The van der Waals surface area contributed by atoms with Crippen LogP contribution in [0, 0.1) is 5.82 Å². The van der Waals surface area contributed by atoms with Gasteiger partial charge in [0, 0.05) is 6.42 Å². The summed E-state index contributed by atoms with van der Waals surface area (Å²) in [5.41, 5.74) is 0.947. The number of hydrogen-bond donors (Lipinski definition) is 0.